The van der Waals surface area contributed by atoms with E-state index in [2.05, 4.69) is 58.1 Å². The second-order valence-corrected chi connectivity index (χ2v) is 7.50. The van der Waals surface area contributed by atoms with Gasteiger partial charge in [-0.1, -0.05) is 65.2 Å². The van der Waals surface area contributed by atoms with Gasteiger partial charge >= 0.3 is 0 Å². The van der Waals surface area contributed by atoms with Gasteiger partial charge in [0.15, 0.2) is 0 Å². The van der Waals surface area contributed by atoms with Crippen molar-refractivity contribution in [3.8, 4) is 0 Å². The minimum atomic E-state index is 0.350. The normalized spacial score (nSPS) is 22.4. The van der Waals surface area contributed by atoms with Gasteiger partial charge in [0.25, 0.3) is 0 Å². The molecule has 1 aliphatic rings. The monoisotopic (exact) mass is 317 g/mol. The van der Waals surface area contributed by atoms with Crippen LogP contribution in [0.25, 0.3) is 0 Å². The van der Waals surface area contributed by atoms with Crippen LogP contribution in [0.4, 0.5) is 5.69 Å². The van der Waals surface area contributed by atoms with E-state index in [1.807, 2.05) is 0 Å². The molecule has 0 aliphatic heterocycles. The molecule has 2 atom stereocenters. The van der Waals surface area contributed by atoms with Crippen molar-refractivity contribution < 1.29 is 4.74 Å². The van der Waals surface area contributed by atoms with Crippen LogP contribution in [0.5, 0.6) is 0 Å². The van der Waals surface area contributed by atoms with Gasteiger partial charge in [0.2, 0.25) is 0 Å². The van der Waals surface area contributed by atoms with Gasteiger partial charge in [-0.3, -0.25) is 0 Å². The Hall–Kier alpha value is -1.02. The van der Waals surface area contributed by atoms with Gasteiger partial charge in [-0.2, -0.15) is 0 Å². The summed E-state index contributed by atoms with van der Waals surface area (Å²) in [5.41, 5.74) is 4.25. The Labute approximate surface area is 143 Å². The molecular weight excluding hydrogens is 282 g/mol. The molecule has 2 heteroatoms. The lowest BCUT2D eigenvalue weighted by atomic mass is 9.91. The SMILES string of the molecule is CCOC1CCCCCC1Nc1c(C(C)C)cccc1C(C)C. The van der Waals surface area contributed by atoms with E-state index in [1.165, 1.54) is 48.9 Å². The molecule has 0 aromatic heterocycles. The van der Waals surface area contributed by atoms with E-state index >= 15 is 0 Å². The fourth-order valence-electron chi connectivity index (χ4n) is 3.76. The van der Waals surface area contributed by atoms with Crippen molar-refractivity contribution in [1.82, 2.24) is 0 Å². The third-order valence-electron chi connectivity index (χ3n) is 5.04. The van der Waals surface area contributed by atoms with Crippen molar-refractivity contribution >= 4 is 5.69 Å². The highest BCUT2D eigenvalue weighted by Crippen LogP contribution is 2.34. The molecule has 2 nitrogen and oxygen atoms in total. The van der Waals surface area contributed by atoms with Crippen LogP contribution in [-0.4, -0.2) is 18.8 Å². The van der Waals surface area contributed by atoms with E-state index < -0.39 is 0 Å². The summed E-state index contributed by atoms with van der Waals surface area (Å²) in [6.07, 6.45) is 6.70. The molecule has 23 heavy (non-hydrogen) atoms. The zero-order valence-electron chi connectivity index (χ0n) is 15.7. The quantitative estimate of drug-likeness (QED) is 0.642. The average Bonchev–Trinajstić information content (AvgIpc) is 2.73. The van der Waals surface area contributed by atoms with Crippen molar-refractivity contribution in [2.75, 3.05) is 11.9 Å². The number of hydrogen-bond acceptors (Lipinski definition) is 2. The van der Waals surface area contributed by atoms with Gasteiger partial charge in [-0.25, -0.2) is 0 Å². The Kier molecular flexibility index (Phi) is 6.95. The summed E-state index contributed by atoms with van der Waals surface area (Å²) in [6, 6.07) is 7.22. The summed E-state index contributed by atoms with van der Waals surface area (Å²) in [6.45, 7) is 12.1. The maximum absolute atomic E-state index is 6.09. The van der Waals surface area contributed by atoms with E-state index in [9.17, 15) is 0 Å². The Morgan fingerprint density at radius 2 is 1.61 bits per heavy atom. The summed E-state index contributed by atoms with van der Waals surface area (Å²) in [7, 11) is 0. The van der Waals surface area contributed by atoms with Crippen molar-refractivity contribution in [2.45, 2.75) is 90.7 Å². The summed E-state index contributed by atoms with van der Waals surface area (Å²) in [5, 5.41) is 3.93. The van der Waals surface area contributed by atoms with E-state index in [0.29, 0.717) is 24.0 Å². The maximum atomic E-state index is 6.09. The molecule has 1 saturated carbocycles. The predicted octanol–water partition coefficient (Wildman–Crippen LogP) is 6.08. The van der Waals surface area contributed by atoms with Crippen LogP contribution in [-0.2, 0) is 4.74 Å². The largest absolute Gasteiger partial charge is 0.379 e. The first-order chi connectivity index (χ1) is 11.0. The van der Waals surface area contributed by atoms with Crippen LogP contribution in [0, 0.1) is 0 Å². The van der Waals surface area contributed by atoms with Gasteiger partial charge in [0, 0.05) is 12.3 Å². The summed E-state index contributed by atoms with van der Waals surface area (Å²) in [4.78, 5) is 0. The molecular formula is C21H35NO. The van der Waals surface area contributed by atoms with Crippen molar-refractivity contribution in [1.29, 1.82) is 0 Å². The molecule has 1 N–H and O–H groups in total. The van der Waals surface area contributed by atoms with Gasteiger partial charge in [0.05, 0.1) is 12.1 Å². The van der Waals surface area contributed by atoms with Gasteiger partial charge in [0.1, 0.15) is 0 Å². The second-order valence-electron chi connectivity index (χ2n) is 7.50. The number of para-hydroxylation sites is 1. The molecule has 2 rings (SSSR count). The van der Waals surface area contributed by atoms with Gasteiger partial charge in [-0.15, -0.1) is 0 Å². The fourth-order valence-corrected chi connectivity index (χ4v) is 3.76. The Morgan fingerprint density at radius 1 is 1.00 bits per heavy atom. The molecule has 1 fully saturated rings. The molecule has 0 heterocycles. The summed E-state index contributed by atoms with van der Waals surface area (Å²) >= 11 is 0. The third kappa shape index (κ3) is 4.73. The maximum Gasteiger partial charge on any atom is 0.0775 e. The molecule has 1 aliphatic carbocycles. The third-order valence-corrected chi connectivity index (χ3v) is 5.04. The van der Waals surface area contributed by atoms with E-state index in [0.717, 1.165) is 6.61 Å². The van der Waals surface area contributed by atoms with E-state index in [-0.39, 0.29) is 0 Å². The standard InChI is InChI=1S/C21H35NO/c1-6-23-20-14-9-7-8-13-19(20)22-21-17(15(2)3)11-10-12-18(21)16(4)5/h10-12,15-16,19-20,22H,6-9,13-14H2,1-5H3. The predicted molar refractivity (Wildman–Crippen MR) is 101 cm³/mol. The average molecular weight is 318 g/mol. The van der Waals surface area contributed by atoms with Crippen molar-refractivity contribution in [2.24, 2.45) is 0 Å². The molecule has 0 saturated heterocycles. The topological polar surface area (TPSA) is 21.3 Å². The first-order valence-electron chi connectivity index (χ1n) is 9.55. The Morgan fingerprint density at radius 3 is 2.17 bits per heavy atom. The minimum Gasteiger partial charge on any atom is -0.379 e. The number of nitrogens with one attached hydrogen (secondary N) is 1. The number of benzene rings is 1. The number of anilines is 1. The molecule has 2 unspecified atom stereocenters. The van der Waals surface area contributed by atoms with Crippen LogP contribution < -0.4 is 5.32 Å². The first-order valence-corrected chi connectivity index (χ1v) is 9.55. The highest BCUT2D eigenvalue weighted by molar-refractivity contribution is 5.60. The smallest absolute Gasteiger partial charge is 0.0775 e. The van der Waals surface area contributed by atoms with E-state index in [1.54, 1.807) is 0 Å². The minimum absolute atomic E-state index is 0.350. The number of ether oxygens (including phenoxy) is 1. The molecule has 130 valence electrons. The van der Waals surface area contributed by atoms with Crippen molar-refractivity contribution in [3.05, 3.63) is 29.3 Å². The van der Waals surface area contributed by atoms with Crippen LogP contribution in [0.3, 0.4) is 0 Å². The van der Waals surface area contributed by atoms with Crippen LogP contribution in [0.15, 0.2) is 18.2 Å². The van der Waals surface area contributed by atoms with Gasteiger partial charge < -0.3 is 10.1 Å². The lowest BCUT2D eigenvalue weighted by molar-refractivity contribution is 0.0445. The molecule has 1 aromatic rings. The highest BCUT2D eigenvalue weighted by atomic mass is 16.5. The second kappa shape index (κ2) is 8.73. The zero-order chi connectivity index (χ0) is 16.8. The highest BCUT2D eigenvalue weighted by Gasteiger charge is 2.26. The molecule has 0 spiro atoms. The number of hydrogen-bond donors (Lipinski definition) is 1. The Bertz CT molecular complexity index is 454. The lowest BCUT2D eigenvalue weighted by Crippen LogP contribution is -2.35. The lowest BCUT2D eigenvalue weighted by Gasteiger charge is -2.30. The van der Waals surface area contributed by atoms with Crippen LogP contribution in [0.2, 0.25) is 0 Å². The molecule has 0 amide bonds. The Balaban J connectivity index is 2.31. The van der Waals surface area contributed by atoms with Gasteiger partial charge in [-0.05, 0) is 42.7 Å². The van der Waals surface area contributed by atoms with E-state index in [4.69, 9.17) is 4.74 Å². The first kappa shape index (κ1) is 18.3. The van der Waals surface area contributed by atoms with Crippen LogP contribution in [0.1, 0.15) is 89.7 Å². The summed E-state index contributed by atoms with van der Waals surface area (Å²) < 4.78 is 6.09. The van der Waals surface area contributed by atoms with Crippen LogP contribution >= 0.6 is 0 Å². The van der Waals surface area contributed by atoms with Crippen molar-refractivity contribution in [3.63, 3.8) is 0 Å². The molecule has 0 radical (unpaired) electrons. The zero-order valence-corrected chi connectivity index (χ0v) is 15.7. The molecule has 0 bridgehead atoms. The fraction of sp³-hybridized carbons (Fsp3) is 0.714. The molecule has 1 aromatic carbocycles. The summed E-state index contributed by atoms with van der Waals surface area (Å²) in [5.74, 6) is 1.07. The number of rotatable bonds is 6.